The fourth-order valence-electron chi connectivity index (χ4n) is 8.81. The Balaban J connectivity index is 1.07. The van der Waals surface area contributed by atoms with E-state index < -0.39 is 38.0 Å². The number of likely N-dealkylation sites (tertiary alicyclic amines) is 1. The van der Waals surface area contributed by atoms with Crippen molar-refractivity contribution in [2.45, 2.75) is 93.7 Å². The minimum atomic E-state index is -4.23. The van der Waals surface area contributed by atoms with E-state index in [9.17, 15) is 13.2 Å². The van der Waals surface area contributed by atoms with Crippen LogP contribution in [0.3, 0.4) is 0 Å². The minimum Gasteiger partial charge on any atom is -0.338 e. The van der Waals surface area contributed by atoms with Crippen molar-refractivity contribution in [1.82, 2.24) is 24.1 Å². The van der Waals surface area contributed by atoms with E-state index in [4.69, 9.17) is 4.98 Å². The molecule has 0 radical (unpaired) electrons. The molecule has 4 aromatic rings. The van der Waals surface area contributed by atoms with E-state index in [-0.39, 0.29) is 12.0 Å². The lowest BCUT2D eigenvalue weighted by Gasteiger charge is -2.45. The van der Waals surface area contributed by atoms with Gasteiger partial charge in [0.05, 0.1) is 11.0 Å². The Kier molecular flexibility index (Phi) is 9.36. The van der Waals surface area contributed by atoms with Crippen LogP contribution >= 0.6 is 0 Å². The lowest BCUT2D eigenvalue weighted by molar-refractivity contribution is 0.0598. The maximum atomic E-state index is 15.6. The third-order valence-electron chi connectivity index (χ3n) is 11.3. The second kappa shape index (κ2) is 13.6. The van der Waals surface area contributed by atoms with Crippen molar-refractivity contribution >= 4 is 27.0 Å². The summed E-state index contributed by atoms with van der Waals surface area (Å²) in [6.07, 6.45) is 7.29. The molecular weight excluding hydrogens is 645 g/mol. The number of para-hydroxylation sites is 2. The molecule has 49 heavy (non-hydrogen) atoms. The van der Waals surface area contributed by atoms with Crippen molar-refractivity contribution in [3.05, 3.63) is 95.3 Å². The van der Waals surface area contributed by atoms with Crippen molar-refractivity contribution in [2.24, 2.45) is 0 Å². The molecular formula is C38H45F2N5O3S. The van der Waals surface area contributed by atoms with Gasteiger partial charge in [-0.3, -0.25) is 9.69 Å². The van der Waals surface area contributed by atoms with Crippen molar-refractivity contribution < 1.29 is 22.0 Å². The van der Waals surface area contributed by atoms with Gasteiger partial charge in [0, 0.05) is 37.8 Å². The standard InChI is InChI=1S/C38H45F2N5O3S/c1-3-20-41-49(47,48)34-16-15-31(39)35(36(34)40)37(46)43-21-17-38(18-22-43,27-9-5-4-6-10-27)19-23-44-28-13-14-29(44)25-30(24-28)45-26(2)42-32-11-7-8-12-33(32)45/h4-12,15-16,28-30,41H,3,13-14,17-25H2,1-2H3/t28-,29+,30+. The van der Waals surface area contributed by atoms with Crippen LogP contribution in [0.1, 0.15) is 86.1 Å². The molecule has 260 valence electrons. The zero-order valence-electron chi connectivity index (χ0n) is 28.2. The van der Waals surface area contributed by atoms with Gasteiger partial charge in [0.1, 0.15) is 22.1 Å². The number of amides is 1. The van der Waals surface area contributed by atoms with Crippen molar-refractivity contribution in [3.8, 4) is 0 Å². The molecule has 3 aromatic carbocycles. The van der Waals surface area contributed by atoms with Crippen LogP contribution in [-0.4, -0.2) is 71.9 Å². The molecule has 0 saturated carbocycles. The largest absolute Gasteiger partial charge is 0.338 e. The summed E-state index contributed by atoms with van der Waals surface area (Å²) in [6, 6.07) is 22.0. The number of nitrogens with zero attached hydrogens (tertiary/aromatic N) is 4. The molecule has 2 bridgehead atoms. The Morgan fingerprint density at radius 3 is 2.31 bits per heavy atom. The molecule has 3 fully saturated rings. The molecule has 4 heterocycles. The summed E-state index contributed by atoms with van der Waals surface area (Å²) in [5, 5.41) is 0. The first-order valence-corrected chi connectivity index (χ1v) is 19.1. The Morgan fingerprint density at radius 2 is 1.61 bits per heavy atom. The maximum absolute atomic E-state index is 15.6. The zero-order chi connectivity index (χ0) is 34.3. The van der Waals surface area contributed by atoms with Crippen LogP contribution in [0.2, 0.25) is 0 Å². The van der Waals surface area contributed by atoms with E-state index in [0.717, 1.165) is 49.3 Å². The number of aromatic nitrogens is 2. The van der Waals surface area contributed by atoms with Crippen molar-refractivity contribution in [1.29, 1.82) is 0 Å². The van der Waals surface area contributed by atoms with Crippen LogP contribution in [0.15, 0.2) is 71.6 Å². The number of hydrogen-bond donors (Lipinski definition) is 1. The molecule has 3 saturated heterocycles. The molecule has 0 spiro atoms. The van der Waals surface area contributed by atoms with Gasteiger partial charge in [0.25, 0.3) is 5.91 Å². The van der Waals surface area contributed by atoms with Gasteiger partial charge in [-0.15, -0.1) is 0 Å². The number of imidazole rings is 1. The zero-order valence-corrected chi connectivity index (χ0v) is 29.1. The summed E-state index contributed by atoms with van der Waals surface area (Å²) in [7, 11) is -4.23. The predicted molar refractivity (Wildman–Crippen MR) is 186 cm³/mol. The minimum absolute atomic E-state index is 0.108. The summed E-state index contributed by atoms with van der Waals surface area (Å²) >= 11 is 0. The number of carbonyl (C=O) groups excluding carboxylic acids is 1. The van der Waals surface area contributed by atoms with E-state index >= 15 is 8.78 Å². The third kappa shape index (κ3) is 6.30. The topological polar surface area (TPSA) is 87.5 Å². The van der Waals surface area contributed by atoms with Crippen LogP contribution in [-0.2, 0) is 15.4 Å². The molecule has 7 rings (SSSR count). The summed E-state index contributed by atoms with van der Waals surface area (Å²) in [5.41, 5.74) is 2.47. The first kappa shape index (κ1) is 33.8. The highest BCUT2D eigenvalue weighted by atomic mass is 32.2. The molecule has 1 aromatic heterocycles. The molecule has 0 aliphatic carbocycles. The normalized spacial score (nSPS) is 22.5. The first-order chi connectivity index (χ1) is 23.6. The number of fused-ring (bicyclic) bond motifs is 3. The van der Waals surface area contributed by atoms with Crippen molar-refractivity contribution in [2.75, 3.05) is 26.2 Å². The van der Waals surface area contributed by atoms with Crippen LogP contribution in [0, 0.1) is 18.6 Å². The van der Waals surface area contributed by atoms with Gasteiger partial charge in [0.15, 0.2) is 5.82 Å². The lowest BCUT2D eigenvalue weighted by atomic mass is 9.70. The van der Waals surface area contributed by atoms with Gasteiger partial charge in [-0.2, -0.15) is 0 Å². The van der Waals surface area contributed by atoms with E-state index in [1.54, 1.807) is 6.92 Å². The van der Waals surface area contributed by atoms with Crippen LogP contribution < -0.4 is 4.72 Å². The van der Waals surface area contributed by atoms with Gasteiger partial charge in [-0.05, 0) is 100 Å². The first-order valence-electron chi connectivity index (χ1n) is 17.6. The summed E-state index contributed by atoms with van der Waals surface area (Å²) < 4.78 is 60.8. The second-order valence-corrected chi connectivity index (χ2v) is 15.8. The number of rotatable bonds is 10. The Bertz CT molecular complexity index is 1930. The second-order valence-electron chi connectivity index (χ2n) is 14.1. The van der Waals surface area contributed by atoms with E-state index in [1.165, 1.54) is 28.8 Å². The number of aryl methyl sites for hydroxylation is 1. The number of carbonyl (C=O) groups is 1. The molecule has 11 heteroatoms. The number of halogens is 2. The fourth-order valence-corrected chi connectivity index (χ4v) is 10.0. The van der Waals surface area contributed by atoms with E-state index in [0.29, 0.717) is 50.5 Å². The average Bonchev–Trinajstić information content (AvgIpc) is 3.56. The van der Waals surface area contributed by atoms with Crippen LogP contribution in [0.5, 0.6) is 0 Å². The lowest BCUT2D eigenvalue weighted by Crippen LogP contribution is -2.49. The van der Waals surface area contributed by atoms with Gasteiger partial charge < -0.3 is 9.47 Å². The number of sulfonamides is 1. The molecule has 8 nitrogen and oxygen atoms in total. The SMILES string of the molecule is CCCNS(=O)(=O)c1ccc(F)c(C(=O)N2CCC(CCN3[C@@H]4CC[C@H]3C[C@@H](n3c(C)nc5ccccc53)C4)(c3ccccc3)CC2)c1F. The maximum Gasteiger partial charge on any atom is 0.259 e. The predicted octanol–water partition coefficient (Wildman–Crippen LogP) is 6.74. The Morgan fingerprint density at radius 1 is 0.939 bits per heavy atom. The van der Waals surface area contributed by atoms with Gasteiger partial charge >= 0.3 is 0 Å². The summed E-state index contributed by atoms with van der Waals surface area (Å²) in [4.78, 5) is 22.0. The third-order valence-corrected chi connectivity index (χ3v) is 12.8. The van der Waals surface area contributed by atoms with E-state index in [2.05, 4.69) is 51.4 Å². The van der Waals surface area contributed by atoms with Gasteiger partial charge in [-0.25, -0.2) is 26.9 Å². The molecule has 3 atom stereocenters. The smallest absolute Gasteiger partial charge is 0.259 e. The fraction of sp³-hybridized carbons (Fsp3) is 0.474. The number of nitrogens with one attached hydrogen (secondary N) is 1. The number of piperidine rings is 2. The van der Waals surface area contributed by atoms with E-state index in [1.807, 2.05) is 24.3 Å². The quantitative estimate of drug-likeness (QED) is 0.199. The molecule has 1 N–H and O–H groups in total. The highest BCUT2D eigenvalue weighted by molar-refractivity contribution is 7.89. The van der Waals surface area contributed by atoms with Crippen LogP contribution in [0.25, 0.3) is 11.0 Å². The molecule has 1 amide bonds. The van der Waals surface area contributed by atoms with Gasteiger partial charge in [0.2, 0.25) is 10.0 Å². The van der Waals surface area contributed by atoms with Crippen LogP contribution in [0.4, 0.5) is 8.78 Å². The van der Waals surface area contributed by atoms with Crippen molar-refractivity contribution in [3.63, 3.8) is 0 Å². The van der Waals surface area contributed by atoms with Gasteiger partial charge in [-0.1, -0.05) is 49.4 Å². The highest BCUT2D eigenvalue weighted by Crippen LogP contribution is 2.45. The average molecular weight is 690 g/mol. The monoisotopic (exact) mass is 689 g/mol. The number of benzene rings is 3. The molecule has 0 unspecified atom stereocenters. The molecule has 3 aliphatic rings. The molecule has 3 aliphatic heterocycles. The Hall–Kier alpha value is -3.67. The number of hydrogen-bond acceptors (Lipinski definition) is 5. The highest BCUT2D eigenvalue weighted by Gasteiger charge is 2.44. The summed E-state index contributed by atoms with van der Waals surface area (Å²) in [5.74, 6) is -2.14. The Labute approximate surface area is 287 Å². The summed E-state index contributed by atoms with van der Waals surface area (Å²) in [6.45, 7) is 5.58.